The predicted octanol–water partition coefficient (Wildman–Crippen LogP) is 1.30. The van der Waals surface area contributed by atoms with Crippen LogP contribution in [0.4, 0.5) is 4.79 Å². The molecule has 13 heavy (non-hydrogen) atoms. The number of hydrogen-bond acceptors (Lipinski definition) is 3. The van der Waals surface area contributed by atoms with E-state index in [4.69, 9.17) is 4.74 Å². The van der Waals surface area contributed by atoms with Crippen molar-refractivity contribution in [2.75, 3.05) is 6.54 Å². The standard InChI is InChI=1S/C9H13NO3/c1-2-10-7(11)9(13-8(10)12)5-3-4-6-9/h2-6H2,1H3. The molecule has 1 aliphatic heterocycles. The molecule has 72 valence electrons. The summed E-state index contributed by atoms with van der Waals surface area (Å²) in [6.07, 6.45) is 2.91. The highest BCUT2D eigenvalue weighted by Crippen LogP contribution is 2.39. The summed E-state index contributed by atoms with van der Waals surface area (Å²) >= 11 is 0. The molecule has 0 aromatic carbocycles. The highest BCUT2D eigenvalue weighted by atomic mass is 16.6. The minimum atomic E-state index is -0.771. The molecule has 0 aromatic rings. The van der Waals surface area contributed by atoms with Crippen molar-refractivity contribution in [3.8, 4) is 0 Å². The van der Waals surface area contributed by atoms with E-state index in [0.29, 0.717) is 19.4 Å². The Morgan fingerprint density at radius 3 is 2.46 bits per heavy atom. The molecule has 2 rings (SSSR count). The van der Waals surface area contributed by atoms with Gasteiger partial charge in [0, 0.05) is 6.54 Å². The molecule has 0 bridgehead atoms. The monoisotopic (exact) mass is 183 g/mol. The van der Waals surface area contributed by atoms with Crippen LogP contribution in [-0.4, -0.2) is 29.0 Å². The van der Waals surface area contributed by atoms with Gasteiger partial charge in [0.15, 0.2) is 5.60 Å². The Bertz CT molecular complexity index is 256. The van der Waals surface area contributed by atoms with Crippen molar-refractivity contribution in [3.05, 3.63) is 0 Å². The lowest BCUT2D eigenvalue weighted by Crippen LogP contribution is -2.38. The van der Waals surface area contributed by atoms with Gasteiger partial charge in [0.05, 0.1) is 0 Å². The van der Waals surface area contributed by atoms with Crippen molar-refractivity contribution in [2.24, 2.45) is 0 Å². The largest absolute Gasteiger partial charge is 0.432 e. The lowest BCUT2D eigenvalue weighted by Gasteiger charge is -2.17. The molecular weight excluding hydrogens is 170 g/mol. The molecule has 1 heterocycles. The number of rotatable bonds is 1. The summed E-state index contributed by atoms with van der Waals surface area (Å²) < 4.78 is 5.16. The number of imide groups is 1. The minimum Gasteiger partial charge on any atom is -0.432 e. The highest BCUT2D eigenvalue weighted by molar-refractivity contribution is 6.03. The first-order valence-electron chi connectivity index (χ1n) is 4.74. The maximum atomic E-state index is 11.8. The summed E-state index contributed by atoms with van der Waals surface area (Å²) in [4.78, 5) is 24.2. The highest BCUT2D eigenvalue weighted by Gasteiger charge is 2.54. The fourth-order valence-corrected chi connectivity index (χ4v) is 2.13. The van der Waals surface area contributed by atoms with E-state index in [1.165, 1.54) is 4.90 Å². The van der Waals surface area contributed by atoms with Gasteiger partial charge in [-0.3, -0.25) is 4.79 Å². The molecule has 1 saturated heterocycles. The molecule has 1 saturated carbocycles. The molecule has 2 aliphatic rings. The topological polar surface area (TPSA) is 46.6 Å². The van der Waals surface area contributed by atoms with E-state index in [1.54, 1.807) is 6.92 Å². The van der Waals surface area contributed by atoms with E-state index in [1.807, 2.05) is 0 Å². The molecule has 0 radical (unpaired) electrons. The molecule has 4 nitrogen and oxygen atoms in total. The number of carbonyl (C=O) groups is 2. The molecule has 0 atom stereocenters. The molecular formula is C9H13NO3. The van der Waals surface area contributed by atoms with Crippen LogP contribution in [0.2, 0.25) is 0 Å². The number of ether oxygens (including phenoxy) is 1. The summed E-state index contributed by atoms with van der Waals surface area (Å²) in [5, 5.41) is 0. The Labute approximate surface area is 76.8 Å². The van der Waals surface area contributed by atoms with Crippen molar-refractivity contribution in [1.82, 2.24) is 4.90 Å². The number of carbonyl (C=O) groups excluding carboxylic acids is 2. The smallest absolute Gasteiger partial charge is 0.417 e. The Balaban J connectivity index is 2.25. The second-order valence-corrected chi connectivity index (χ2v) is 3.62. The number of likely N-dealkylation sites (N-methyl/N-ethyl adjacent to an activating group) is 1. The summed E-state index contributed by atoms with van der Waals surface area (Å²) in [5.41, 5.74) is -0.771. The van der Waals surface area contributed by atoms with Crippen LogP contribution in [0.25, 0.3) is 0 Å². The van der Waals surface area contributed by atoms with E-state index in [0.717, 1.165) is 12.8 Å². The van der Waals surface area contributed by atoms with Crippen LogP contribution < -0.4 is 0 Å². The number of amides is 2. The van der Waals surface area contributed by atoms with Gasteiger partial charge < -0.3 is 4.74 Å². The van der Waals surface area contributed by atoms with Crippen LogP contribution in [0.5, 0.6) is 0 Å². The molecule has 1 aliphatic carbocycles. The van der Waals surface area contributed by atoms with E-state index in [9.17, 15) is 9.59 Å². The summed E-state index contributed by atoms with van der Waals surface area (Å²) in [7, 11) is 0. The average molecular weight is 183 g/mol. The third-order valence-corrected chi connectivity index (χ3v) is 2.87. The third-order valence-electron chi connectivity index (χ3n) is 2.87. The second-order valence-electron chi connectivity index (χ2n) is 3.62. The van der Waals surface area contributed by atoms with Crippen molar-refractivity contribution >= 4 is 12.0 Å². The Hall–Kier alpha value is -1.06. The molecule has 1 spiro atoms. The van der Waals surface area contributed by atoms with Gasteiger partial charge in [0.25, 0.3) is 5.91 Å². The molecule has 0 aromatic heterocycles. The number of nitrogens with zero attached hydrogens (tertiary/aromatic N) is 1. The van der Waals surface area contributed by atoms with E-state index < -0.39 is 11.7 Å². The molecule has 2 fully saturated rings. The zero-order valence-corrected chi connectivity index (χ0v) is 7.71. The van der Waals surface area contributed by atoms with Crippen molar-refractivity contribution in [3.63, 3.8) is 0 Å². The lowest BCUT2D eigenvalue weighted by atomic mass is 10.0. The molecule has 4 heteroatoms. The Kier molecular flexibility index (Phi) is 1.78. The lowest BCUT2D eigenvalue weighted by molar-refractivity contribution is -0.136. The van der Waals surface area contributed by atoms with E-state index >= 15 is 0 Å². The van der Waals surface area contributed by atoms with Crippen molar-refractivity contribution < 1.29 is 14.3 Å². The quantitative estimate of drug-likeness (QED) is 0.615. The SMILES string of the molecule is CCN1C(=O)OC2(CCCC2)C1=O. The second kappa shape index (κ2) is 2.72. The van der Waals surface area contributed by atoms with Gasteiger partial charge >= 0.3 is 6.09 Å². The fraction of sp³-hybridized carbons (Fsp3) is 0.778. The van der Waals surface area contributed by atoms with E-state index in [2.05, 4.69) is 0 Å². The zero-order chi connectivity index (χ0) is 9.47. The molecule has 2 amide bonds. The first-order valence-corrected chi connectivity index (χ1v) is 4.74. The summed E-state index contributed by atoms with van der Waals surface area (Å²) in [6.45, 7) is 2.20. The Morgan fingerprint density at radius 1 is 1.38 bits per heavy atom. The van der Waals surface area contributed by atoms with Gasteiger partial charge in [-0.15, -0.1) is 0 Å². The van der Waals surface area contributed by atoms with Crippen LogP contribution in [0.1, 0.15) is 32.6 Å². The Morgan fingerprint density at radius 2 is 2.00 bits per heavy atom. The first kappa shape index (κ1) is 8.53. The van der Waals surface area contributed by atoms with Crippen molar-refractivity contribution in [1.29, 1.82) is 0 Å². The maximum Gasteiger partial charge on any atom is 0.417 e. The predicted molar refractivity (Wildman–Crippen MR) is 45.1 cm³/mol. The van der Waals surface area contributed by atoms with Gasteiger partial charge in [0.2, 0.25) is 0 Å². The van der Waals surface area contributed by atoms with Gasteiger partial charge in [-0.2, -0.15) is 0 Å². The summed E-state index contributed by atoms with van der Waals surface area (Å²) in [6, 6.07) is 0. The third kappa shape index (κ3) is 1.04. The van der Waals surface area contributed by atoms with Crippen LogP contribution >= 0.6 is 0 Å². The van der Waals surface area contributed by atoms with E-state index in [-0.39, 0.29) is 5.91 Å². The van der Waals surface area contributed by atoms with Gasteiger partial charge in [-0.1, -0.05) is 0 Å². The van der Waals surface area contributed by atoms with Crippen molar-refractivity contribution in [2.45, 2.75) is 38.2 Å². The maximum absolute atomic E-state index is 11.8. The first-order chi connectivity index (χ1) is 6.19. The number of hydrogen-bond donors (Lipinski definition) is 0. The minimum absolute atomic E-state index is 0.127. The molecule has 0 N–H and O–H groups in total. The molecule has 0 unspecified atom stereocenters. The van der Waals surface area contributed by atoms with Gasteiger partial charge in [0.1, 0.15) is 0 Å². The summed E-state index contributed by atoms with van der Waals surface area (Å²) in [5.74, 6) is -0.127. The fourth-order valence-electron chi connectivity index (χ4n) is 2.13. The zero-order valence-electron chi connectivity index (χ0n) is 7.71. The van der Waals surface area contributed by atoms with Crippen LogP contribution in [0.15, 0.2) is 0 Å². The van der Waals surface area contributed by atoms with Crippen LogP contribution in [0.3, 0.4) is 0 Å². The van der Waals surface area contributed by atoms with Crippen LogP contribution in [-0.2, 0) is 9.53 Å². The van der Waals surface area contributed by atoms with Gasteiger partial charge in [-0.25, -0.2) is 9.69 Å². The average Bonchev–Trinajstić information content (AvgIpc) is 2.62. The van der Waals surface area contributed by atoms with Crippen LogP contribution in [0, 0.1) is 0 Å². The normalized spacial score (nSPS) is 25.8. The van der Waals surface area contributed by atoms with Gasteiger partial charge in [-0.05, 0) is 32.6 Å².